The van der Waals surface area contributed by atoms with Crippen LogP contribution in [0.4, 0.5) is 11.6 Å². The lowest BCUT2D eigenvalue weighted by atomic mass is 10.1. The van der Waals surface area contributed by atoms with Gasteiger partial charge >= 0.3 is 0 Å². The van der Waals surface area contributed by atoms with Crippen LogP contribution in [0, 0.1) is 13.8 Å². The Balaban J connectivity index is 1.52. The van der Waals surface area contributed by atoms with Gasteiger partial charge in [0.2, 0.25) is 5.95 Å². The first-order chi connectivity index (χ1) is 14.5. The van der Waals surface area contributed by atoms with E-state index in [9.17, 15) is 4.79 Å². The van der Waals surface area contributed by atoms with Crippen molar-refractivity contribution in [2.24, 2.45) is 7.05 Å². The molecule has 1 amide bonds. The van der Waals surface area contributed by atoms with Crippen molar-refractivity contribution in [2.75, 3.05) is 18.4 Å². The van der Waals surface area contributed by atoms with Crippen molar-refractivity contribution in [3.8, 4) is 11.4 Å². The molecule has 8 heteroatoms. The summed E-state index contributed by atoms with van der Waals surface area (Å²) >= 11 is 0. The lowest BCUT2D eigenvalue weighted by Gasteiger charge is -2.23. The van der Waals surface area contributed by atoms with E-state index >= 15 is 0 Å². The van der Waals surface area contributed by atoms with Crippen molar-refractivity contribution in [2.45, 2.75) is 32.7 Å². The Morgan fingerprint density at radius 3 is 2.70 bits per heavy atom. The molecule has 3 heterocycles. The molecule has 156 valence electrons. The molecule has 0 bridgehead atoms. The van der Waals surface area contributed by atoms with Crippen molar-refractivity contribution in [3.05, 3.63) is 53.3 Å². The van der Waals surface area contributed by atoms with Gasteiger partial charge in [-0.1, -0.05) is 6.07 Å². The van der Waals surface area contributed by atoms with Crippen LogP contribution >= 0.6 is 0 Å². The summed E-state index contributed by atoms with van der Waals surface area (Å²) in [5, 5.41) is 14.1. The van der Waals surface area contributed by atoms with E-state index in [0.29, 0.717) is 23.0 Å². The van der Waals surface area contributed by atoms with Crippen molar-refractivity contribution in [1.82, 2.24) is 30.4 Å². The molecular weight excluding hydrogens is 378 g/mol. The number of anilines is 2. The van der Waals surface area contributed by atoms with Crippen LogP contribution in [0.15, 0.2) is 36.5 Å². The van der Waals surface area contributed by atoms with Crippen LogP contribution in [0.1, 0.15) is 34.5 Å². The number of nitrogens with zero attached hydrogens (tertiary/aromatic N) is 4. The van der Waals surface area contributed by atoms with E-state index < -0.39 is 0 Å². The van der Waals surface area contributed by atoms with E-state index in [4.69, 9.17) is 0 Å². The molecule has 30 heavy (non-hydrogen) atoms. The van der Waals surface area contributed by atoms with E-state index in [1.54, 1.807) is 30.1 Å². The van der Waals surface area contributed by atoms with Gasteiger partial charge < -0.3 is 16.0 Å². The SMILES string of the molecule is Cc1cc(C)cc(Nc2nccc(-c3cc(C(=O)N[C@@H]4CCCNC4)n(C)n3)n2)c1. The highest BCUT2D eigenvalue weighted by Crippen LogP contribution is 2.21. The molecule has 0 radical (unpaired) electrons. The maximum absolute atomic E-state index is 12.7. The van der Waals surface area contributed by atoms with Crippen LogP contribution in [-0.2, 0) is 7.05 Å². The highest BCUT2D eigenvalue weighted by molar-refractivity contribution is 5.93. The predicted octanol–water partition coefficient (Wildman–Crippen LogP) is 2.72. The lowest BCUT2D eigenvalue weighted by Crippen LogP contribution is -2.46. The third-order valence-corrected chi connectivity index (χ3v) is 5.14. The number of hydrogen-bond acceptors (Lipinski definition) is 6. The molecule has 1 aliphatic rings. The molecule has 0 saturated carbocycles. The number of carbonyl (C=O) groups excluding carboxylic acids is 1. The van der Waals surface area contributed by atoms with Crippen LogP contribution in [0.3, 0.4) is 0 Å². The van der Waals surface area contributed by atoms with Crippen molar-refractivity contribution in [3.63, 3.8) is 0 Å². The van der Waals surface area contributed by atoms with E-state index in [-0.39, 0.29) is 11.9 Å². The van der Waals surface area contributed by atoms with Crippen molar-refractivity contribution < 1.29 is 4.79 Å². The molecule has 1 aliphatic heterocycles. The minimum Gasteiger partial charge on any atom is -0.347 e. The fourth-order valence-corrected chi connectivity index (χ4v) is 3.78. The largest absolute Gasteiger partial charge is 0.347 e. The van der Waals surface area contributed by atoms with Gasteiger partial charge in [-0.2, -0.15) is 5.10 Å². The van der Waals surface area contributed by atoms with Gasteiger partial charge in [-0.25, -0.2) is 9.97 Å². The average molecular weight is 406 g/mol. The Bertz CT molecular complexity index is 1030. The Labute approximate surface area is 176 Å². The van der Waals surface area contributed by atoms with Crippen molar-refractivity contribution >= 4 is 17.5 Å². The first-order valence-electron chi connectivity index (χ1n) is 10.2. The number of rotatable bonds is 5. The highest BCUT2D eigenvalue weighted by atomic mass is 16.2. The second-order valence-electron chi connectivity index (χ2n) is 7.82. The molecule has 1 atom stereocenters. The molecule has 1 saturated heterocycles. The smallest absolute Gasteiger partial charge is 0.269 e. The fraction of sp³-hybridized carbons (Fsp3) is 0.364. The molecule has 4 rings (SSSR count). The number of aryl methyl sites for hydroxylation is 3. The summed E-state index contributed by atoms with van der Waals surface area (Å²) in [5.41, 5.74) is 5.08. The molecule has 0 aliphatic carbocycles. The monoisotopic (exact) mass is 405 g/mol. The van der Waals surface area contributed by atoms with Gasteiger partial charge in [0.05, 0.1) is 5.69 Å². The Morgan fingerprint density at radius 2 is 1.97 bits per heavy atom. The first-order valence-corrected chi connectivity index (χ1v) is 10.2. The second-order valence-corrected chi connectivity index (χ2v) is 7.82. The summed E-state index contributed by atoms with van der Waals surface area (Å²) in [6, 6.07) is 9.93. The lowest BCUT2D eigenvalue weighted by molar-refractivity contribution is 0.0921. The maximum Gasteiger partial charge on any atom is 0.269 e. The van der Waals surface area contributed by atoms with Crippen LogP contribution in [-0.4, -0.2) is 44.8 Å². The van der Waals surface area contributed by atoms with Gasteiger partial charge in [0.1, 0.15) is 11.4 Å². The number of aromatic nitrogens is 4. The Kier molecular flexibility index (Phi) is 5.76. The highest BCUT2D eigenvalue weighted by Gasteiger charge is 2.20. The summed E-state index contributed by atoms with van der Waals surface area (Å²) in [5.74, 6) is 0.370. The summed E-state index contributed by atoms with van der Waals surface area (Å²) in [6.45, 7) is 5.92. The zero-order chi connectivity index (χ0) is 21.1. The average Bonchev–Trinajstić information content (AvgIpc) is 3.10. The summed E-state index contributed by atoms with van der Waals surface area (Å²) in [4.78, 5) is 21.6. The predicted molar refractivity (Wildman–Crippen MR) is 117 cm³/mol. The van der Waals surface area contributed by atoms with Crippen LogP contribution in [0.5, 0.6) is 0 Å². The van der Waals surface area contributed by atoms with Crippen LogP contribution in [0.25, 0.3) is 11.4 Å². The number of benzene rings is 1. The minimum atomic E-state index is -0.118. The summed E-state index contributed by atoms with van der Waals surface area (Å²) < 4.78 is 1.60. The zero-order valence-electron chi connectivity index (χ0n) is 17.6. The molecule has 3 N–H and O–H groups in total. The summed E-state index contributed by atoms with van der Waals surface area (Å²) in [7, 11) is 1.77. The molecule has 8 nitrogen and oxygen atoms in total. The number of amides is 1. The number of hydrogen-bond donors (Lipinski definition) is 3. The van der Waals surface area contributed by atoms with E-state index in [1.165, 1.54) is 11.1 Å². The van der Waals surface area contributed by atoms with Gasteiger partial charge in [-0.3, -0.25) is 9.48 Å². The third kappa shape index (κ3) is 4.65. The molecular formula is C22H27N7O. The molecule has 0 unspecified atom stereocenters. The zero-order valence-corrected chi connectivity index (χ0v) is 17.6. The van der Waals surface area contributed by atoms with Crippen LogP contribution < -0.4 is 16.0 Å². The topological polar surface area (TPSA) is 96.8 Å². The van der Waals surface area contributed by atoms with E-state index in [0.717, 1.165) is 31.6 Å². The number of piperidine rings is 1. The standard InChI is InChI=1S/C22H27N7O/c1-14-9-15(2)11-17(10-14)26-22-24-8-6-18(27-22)19-12-20(29(3)28-19)21(30)25-16-5-4-7-23-13-16/h6,8-12,16,23H,4-5,7,13H2,1-3H3,(H,25,30)(H,24,26,27)/t16-/m1/s1. The molecule has 3 aromatic rings. The van der Waals surface area contributed by atoms with E-state index in [2.05, 4.69) is 50.9 Å². The fourth-order valence-electron chi connectivity index (χ4n) is 3.78. The molecule has 1 fully saturated rings. The quantitative estimate of drug-likeness (QED) is 0.604. The van der Waals surface area contributed by atoms with Crippen molar-refractivity contribution in [1.29, 1.82) is 0 Å². The molecule has 1 aromatic carbocycles. The Morgan fingerprint density at radius 1 is 1.17 bits per heavy atom. The van der Waals surface area contributed by atoms with Crippen LogP contribution in [0.2, 0.25) is 0 Å². The minimum absolute atomic E-state index is 0.118. The van der Waals surface area contributed by atoms with Gasteiger partial charge in [0, 0.05) is 31.5 Å². The third-order valence-electron chi connectivity index (χ3n) is 5.14. The van der Waals surface area contributed by atoms with Gasteiger partial charge in [0.15, 0.2) is 0 Å². The van der Waals surface area contributed by atoms with Gasteiger partial charge in [-0.05, 0) is 68.6 Å². The normalized spacial score (nSPS) is 16.3. The molecule has 0 spiro atoms. The Hall–Kier alpha value is -3.26. The number of nitrogens with one attached hydrogen (secondary N) is 3. The second kappa shape index (κ2) is 8.62. The first kappa shape index (κ1) is 20.0. The number of carbonyl (C=O) groups is 1. The van der Waals surface area contributed by atoms with Gasteiger partial charge in [0.25, 0.3) is 5.91 Å². The summed E-state index contributed by atoms with van der Waals surface area (Å²) in [6.07, 6.45) is 3.75. The van der Waals surface area contributed by atoms with Gasteiger partial charge in [-0.15, -0.1) is 0 Å². The van der Waals surface area contributed by atoms with E-state index in [1.807, 2.05) is 12.1 Å². The molecule has 2 aromatic heterocycles. The maximum atomic E-state index is 12.7.